The molecule has 1 amide bonds. The molecule has 0 aliphatic heterocycles. The number of aromatic carboxylic acids is 1. The summed E-state index contributed by atoms with van der Waals surface area (Å²) in [5, 5.41) is 9.01. The van der Waals surface area contributed by atoms with Crippen molar-refractivity contribution in [1.82, 2.24) is 4.98 Å². The molecule has 1 heterocycles. The van der Waals surface area contributed by atoms with Crippen LogP contribution in [0, 0.1) is 0 Å². The van der Waals surface area contributed by atoms with E-state index in [9.17, 15) is 9.59 Å². The van der Waals surface area contributed by atoms with Gasteiger partial charge in [0.05, 0.1) is 6.20 Å². The van der Waals surface area contributed by atoms with Gasteiger partial charge in [0.25, 0.3) is 5.91 Å². The zero-order valence-corrected chi connectivity index (χ0v) is 11.4. The highest BCUT2D eigenvalue weighted by Crippen LogP contribution is 2.17. The average Bonchev–Trinajstić information content (AvgIpc) is 2.52. The SMILES string of the molecule is CN(C(=O)COc1cnccc1C(=O)O)c1ccccc1. The minimum atomic E-state index is -1.13. The standard InChI is InChI=1S/C15H14N2O4/c1-17(11-5-3-2-4-6-11)14(18)10-21-13-9-16-8-7-12(13)15(19)20/h2-9H,10H2,1H3,(H,19,20). The van der Waals surface area contributed by atoms with E-state index in [0.717, 1.165) is 5.69 Å². The smallest absolute Gasteiger partial charge is 0.339 e. The van der Waals surface area contributed by atoms with E-state index in [2.05, 4.69) is 4.98 Å². The van der Waals surface area contributed by atoms with Gasteiger partial charge in [0.15, 0.2) is 12.4 Å². The molecule has 0 aliphatic rings. The number of carbonyl (C=O) groups excluding carboxylic acids is 1. The molecule has 0 atom stereocenters. The molecular formula is C15H14N2O4. The third kappa shape index (κ3) is 3.56. The maximum atomic E-state index is 12.0. The number of para-hydroxylation sites is 1. The molecule has 2 rings (SSSR count). The van der Waals surface area contributed by atoms with Gasteiger partial charge in [-0.25, -0.2) is 4.79 Å². The minimum absolute atomic E-state index is 0.0276. The van der Waals surface area contributed by atoms with E-state index in [0.29, 0.717) is 0 Å². The lowest BCUT2D eigenvalue weighted by Gasteiger charge is -2.17. The number of anilines is 1. The normalized spacial score (nSPS) is 9.95. The van der Waals surface area contributed by atoms with Crippen LogP contribution in [0.3, 0.4) is 0 Å². The van der Waals surface area contributed by atoms with Crippen LogP contribution in [0.5, 0.6) is 5.75 Å². The molecule has 1 aromatic carbocycles. The first kappa shape index (κ1) is 14.5. The Morgan fingerprint density at radius 2 is 1.95 bits per heavy atom. The Balaban J connectivity index is 2.03. The topological polar surface area (TPSA) is 79.7 Å². The van der Waals surface area contributed by atoms with Gasteiger partial charge in [0, 0.05) is 18.9 Å². The molecule has 0 fully saturated rings. The molecule has 6 nitrogen and oxygen atoms in total. The minimum Gasteiger partial charge on any atom is -0.481 e. The van der Waals surface area contributed by atoms with Gasteiger partial charge in [0.2, 0.25) is 0 Å². The lowest BCUT2D eigenvalue weighted by atomic mass is 10.2. The molecular weight excluding hydrogens is 272 g/mol. The zero-order valence-electron chi connectivity index (χ0n) is 11.4. The number of pyridine rings is 1. The summed E-state index contributed by atoms with van der Waals surface area (Å²) in [4.78, 5) is 28.3. The number of carboxylic acid groups (broad SMARTS) is 1. The highest BCUT2D eigenvalue weighted by atomic mass is 16.5. The van der Waals surface area contributed by atoms with Crippen LogP contribution in [0.2, 0.25) is 0 Å². The van der Waals surface area contributed by atoms with Crippen LogP contribution < -0.4 is 9.64 Å². The van der Waals surface area contributed by atoms with E-state index >= 15 is 0 Å². The van der Waals surface area contributed by atoms with Gasteiger partial charge in [0.1, 0.15) is 5.56 Å². The van der Waals surface area contributed by atoms with Crippen LogP contribution in [0.25, 0.3) is 0 Å². The number of hydrogen-bond donors (Lipinski definition) is 1. The van der Waals surface area contributed by atoms with Crippen LogP contribution in [0.4, 0.5) is 5.69 Å². The van der Waals surface area contributed by atoms with Crippen LogP contribution >= 0.6 is 0 Å². The summed E-state index contributed by atoms with van der Waals surface area (Å²) in [7, 11) is 1.63. The van der Waals surface area contributed by atoms with Crippen LogP contribution in [0.1, 0.15) is 10.4 Å². The lowest BCUT2D eigenvalue weighted by Crippen LogP contribution is -2.31. The van der Waals surface area contributed by atoms with Gasteiger partial charge >= 0.3 is 5.97 Å². The Morgan fingerprint density at radius 3 is 2.62 bits per heavy atom. The third-order valence-electron chi connectivity index (χ3n) is 2.88. The molecule has 1 aromatic heterocycles. The number of aromatic nitrogens is 1. The van der Waals surface area contributed by atoms with Gasteiger partial charge in [-0.15, -0.1) is 0 Å². The predicted molar refractivity (Wildman–Crippen MR) is 76.5 cm³/mol. The van der Waals surface area contributed by atoms with Crippen molar-refractivity contribution < 1.29 is 19.4 Å². The van der Waals surface area contributed by atoms with E-state index < -0.39 is 5.97 Å². The van der Waals surface area contributed by atoms with Crippen molar-refractivity contribution in [3.63, 3.8) is 0 Å². The maximum absolute atomic E-state index is 12.0. The number of likely N-dealkylation sites (N-methyl/N-ethyl adjacent to an activating group) is 1. The van der Waals surface area contributed by atoms with E-state index in [4.69, 9.17) is 9.84 Å². The highest BCUT2D eigenvalue weighted by Gasteiger charge is 2.15. The van der Waals surface area contributed by atoms with E-state index in [1.54, 1.807) is 19.2 Å². The van der Waals surface area contributed by atoms with Crippen molar-refractivity contribution in [2.75, 3.05) is 18.6 Å². The van der Waals surface area contributed by atoms with Crippen molar-refractivity contribution in [2.45, 2.75) is 0 Å². The number of amides is 1. The fraction of sp³-hybridized carbons (Fsp3) is 0.133. The maximum Gasteiger partial charge on any atom is 0.339 e. The Morgan fingerprint density at radius 1 is 1.24 bits per heavy atom. The molecule has 21 heavy (non-hydrogen) atoms. The number of ether oxygens (including phenoxy) is 1. The second kappa shape index (κ2) is 6.51. The zero-order chi connectivity index (χ0) is 15.2. The number of carbonyl (C=O) groups is 2. The van der Waals surface area contributed by atoms with E-state index in [1.807, 2.05) is 18.2 Å². The Bertz CT molecular complexity index is 643. The van der Waals surface area contributed by atoms with Gasteiger partial charge in [-0.3, -0.25) is 9.78 Å². The molecule has 0 spiro atoms. The van der Waals surface area contributed by atoms with Crippen molar-refractivity contribution >= 4 is 17.6 Å². The fourth-order valence-corrected chi connectivity index (χ4v) is 1.70. The van der Waals surface area contributed by atoms with Gasteiger partial charge in [-0.1, -0.05) is 18.2 Å². The molecule has 0 radical (unpaired) electrons. The number of rotatable bonds is 5. The summed E-state index contributed by atoms with van der Waals surface area (Å²) in [6.07, 6.45) is 2.63. The third-order valence-corrected chi connectivity index (χ3v) is 2.88. The number of benzene rings is 1. The van der Waals surface area contributed by atoms with E-state index in [1.165, 1.54) is 23.4 Å². The quantitative estimate of drug-likeness (QED) is 0.907. The van der Waals surface area contributed by atoms with Crippen LogP contribution in [0.15, 0.2) is 48.8 Å². The fourth-order valence-electron chi connectivity index (χ4n) is 1.70. The second-order valence-corrected chi connectivity index (χ2v) is 4.25. The van der Waals surface area contributed by atoms with E-state index in [-0.39, 0.29) is 23.8 Å². The molecule has 2 aromatic rings. The number of nitrogens with zero attached hydrogens (tertiary/aromatic N) is 2. The summed E-state index contributed by atoms with van der Waals surface area (Å²) in [6, 6.07) is 10.4. The van der Waals surface area contributed by atoms with Crippen LogP contribution in [-0.4, -0.2) is 35.6 Å². The summed E-state index contributed by atoms with van der Waals surface area (Å²) >= 11 is 0. The average molecular weight is 286 g/mol. The summed E-state index contributed by atoms with van der Waals surface area (Å²) < 4.78 is 5.27. The summed E-state index contributed by atoms with van der Waals surface area (Å²) in [5.74, 6) is -1.35. The largest absolute Gasteiger partial charge is 0.481 e. The first-order valence-electron chi connectivity index (χ1n) is 6.21. The molecule has 108 valence electrons. The molecule has 0 saturated carbocycles. The molecule has 1 N–H and O–H groups in total. The lowest BCUT2D eigenvalue weighted by molar-refractivity contribution is -0.120. The van der Waals surface area contributed by atoms with Gasteiger partial charge in [-0.05, 0) is 18.2 Å². The summed E-state index contributed by atoms with van der Waals surface area (Å²) in [5.41, 5.74) is 0.705. The monoisotopic (exact) mass is 286 g/mol. The van der Waals surface area contributed by atoms with Gasteiger partial charge < -0.3 is 14.7 Å². The molecule has 6 heteroatoms. The highest BCUT2D eigenvalue weighted by molar-refractivity contribution is 5.94. The van der Waals surface area contributed by atoms with Gasteiger partial charge in [-0.2, -0.15) is 0 Å². The molecule has 0 bridgehead atoms. The van der Waals surface area contributed by atoms with Crippen molar-refractivity contribution in [3.8, 4) is 5.75 Å². The first-order valence-corrected chi connectivity index (χ1v) is 6.21. The Labute approximate surface area is 121 Å². The summed E-state index contributed by atoms with van der Waals surface area (Å²) in [6.45, 7) is -0.267. The van der Waals surface area contributed by atoms with Crippen LogP contribution in [-0.2, 0) is 4.79 Å². The number of hydrogen-bond acceptors (Lipinski definition) is 4. The number of carboxylic acids is 1. The molecule has 0 aliphatic carbocycles. The first-order chi connectivity index (χ1) is 10.1. The Kier molecular flexibility index (Phi) is 4.50. The van der Waals surface area contributed by atoms with Crippen molar-refractivity contribution in [2.24, 2.45) is 0 Å². The van der Waals surface area contributed by atoms with Crippen molar-refractivity contribution in [3.05, 3.63) is 54.4 Å². The Hall–Kier alpha value is -2.89. The molecule has 0 unspecified atom stereocenters. The second-order valence-electron chi connectivity index (χ2n) is 4.25. The predicted octanol–water partition coefficient (Wildman–Crippen LogP) is 1.82. The molecule has 0 saturated heterocycles. The van der Waals surface area contributed by atoms with Crippen molar-refractivity contribution in [1.29, 1.82) is 0 Å².